The number of halogens is 1. The Hall–Kier alpha value is -1.42. The minimum Gasteiger partial charge on any atom is -0.352 e. The van der Waals surface area contributed by atoms with Crippen LogP contribution in [0.5, 0.6) is 0 Å². The largest absolute Gasteiger partial charge is 0.352 e. The van der Waals surface area contributed by atoms with E-state index in [0.29, 0.717) is 18.0 Å². The van der Waals surface area contributed by atoms with Crippen LogP contribution in [0, 0.1) is 11.7 Å². The molecule has 1 aromatic carbocycles. The van der Waals surface area contributed by atoms with Gasteiger partial charge in [-0.2, -0.15) is 0 Å². The molecule has 0 spiro atoms. The van der Waals surface area contributed by atoms with Crippen LogP contribution in [0.4, 0.5) is 4.39 Å². The summed E-state index contributed by atoms with van der Waals surface area (Å²) in [5, 5.41) is 6.16. The number of carbonyl (C=O) groups excluding carboxylic acids is 1. The van der Waals surface area contributed by atoms with Crippen molar-refractivity contribution in [2.75, 3.05) is 19.6 Å². The molecule has 1 amide bonds. The average Bonchev–Trinajstić information content (AvgIpc) is 2.40. The summed E-state index contributed by atoms with van der Waals surface area (Å²) in [6.45, 7) is 2.81. The first-order valence-electron chi connectivity index (χ1n) is 6.50. The normalized spacial score (nSPS) is 16.5. The number of hydrogen-bond acceptors (Lipinski definition) is 2. The molecule has 4 heteroatoms. The Balaban J connectivity index is 1.74. The van der Waals surface area contributed by atoms with Crippen LogP contribution in [0.3, 0.4) is 0 Å². The maximum Gasteiger partial charge on any atom is 0.251 e. The quantitative estimate of drug-likeness (QED) is 0.857. The molecule has 2 rings (SSSR count). The van der Waals surface area contributed by atoms with Gasteiger partial charge in [-0.25, -0.2) is 4.39 Å². The number of hydrogen-bond donors (Lipinski definition) is 2. The highest BCUT2D eigenvalue weighted by Crippen LogP contribution is 2.14. The molecule has 1 saturated heterocycles. The summed E-state index contributed by atoms with van der Waals surface area (Å²) in [5.74, 6) is 0.128. The molecule has 1 heterocycles. The molecule has 1 aliphatic rings. The molecule has 0 unspecified atom stereocenters. The van der Waals surface area contributed by atoms with E-state index in [0.717, 1.165) is 19.5 Å². The zero-order chi connectivity index (χ0) is 12.8. The fraction of sp³-hybridized carbons (Fsp3) is 0.500. The number of nitrogens with one attached hydrogen (secondary N) is 2. The molecule has 2 N–H and O–H groups in total. The van der Waals surface area contributed by atoms with Gasteiger partial charge in [0.15, 0.2) is 0 Å². The Morgan fingerprint density at radius 1 is 1.39 bits per heavy atom. The highest BCUT2D eigenvalue weighted by Gasteiger charge is 2.13. The first-order chi connectivity index (χ1) is 8.75. The zero-order valence-corrected chi connectivity index (χ0v) is 10.4. The Labute approximate surface area is 107 Å². The lowest BCUT2D eigenvalue weighted by Gasteiger charge is -2.22. The maximum atomic E-state index is 13.0. The first-order valence-corrected chi connectivity index (χ1v) is 6.50. The Morgan fingerprint density at radius 2 is 2.17 bits per heavy atom. The molecule has 18 heavy (non-hydrogen) atoms. The third kappa shape index (κ3) is 3.81. The van der Waals surface area contributed by atoms with Crippen molar-refractivity contribution in [2.45, 2.75) is 19.3 Å². The number of rotatable bonds is 4. The van der Waals surface area contributed by atoms with Crippen molar-refractivity contribution in [2.24, 2.45) is 5.92 Å². The summed E-state index contributed by atoms with van der Waals surface area (Å²) >= 11 is 0. The lowest BCUT2D eigenvalue weighted by atomic mass is 9.95. The third-order valence-electron chi connectivity index (χ3n) is 3.38. The number of benzene rings is 1. The van der Waals surface area contributed by atoms with Crippen LogP contribution in [0.25, 0.3) is 0 Å². The van der Waals surface area contributed by atoms with E-state index in [4.69, 9.17) is 0 Å². The summed E-state index contributed by atoms with van der Waals surface area (Å²) in [7, 11) is 0. The van der Waals surface area contributed by atoms with Crippen LogP contribution in [-0.4, -0.2) is 25.5 Å². The highest BCUT2D eigenvalue weighted by atomic mass is 19.1. The molecule has 1 aromatic rings. The molecule has 0 saturated carbocycles. The molecule has 0 atom stereocenters. The average molecular weight is 250 g/mol. The first kappa shape index (κ1) is 13.0. The molecule has 98 valence electrons. The van der Waals surface area contributed by atoms with Crippen LogP contribution >= 0.6 is 0 Å². The van der Waals surface area contributed by atoms with E-state index in [1.807, 2.05) is 0 Å². The van der Waals surface area contributed by atoms with Gasteiger partial charge in [0, 0.05) is 12.1 Å². The van der Waals surface area contributed by atoms with Gasteiger partial charge in [0.25, 0.3) is 5.91 Å². The molecular formula is C14H19FN2O. The van der Waals surface area contributed by atoms with Crippen molar-refractivity contribution in [3.05, 3.63) is 35.6 Å². The molecule has 1 aliphatic heterocycles. The van der Waals surface area contributed by atoms with E-state index in [1.165, 1.54) is 25.0 Å². The summed E-state index contributed by atoms with van der Waals surface area (Å²) < 4.78 is 13.0. The number of amides is 1. The van der Waals surface area contributed by atoms with Crippen LogP contribution in [0.1, 0.15) is 29.6 Å². The second-order valence-electron chi connectivity index (χ2n) is 4.75. The summed E-state index contributed by atoms with van der Waals surface area (Å²) in [6, 6.07) is 5.78. The maximum absolute atomic E-state index is 13.0. The topological polar surface area (TPSA) is 41.1 Å². The van der Waals surface area contributed by atoms with E-state index < -0.39 is 0 Å². The van der Waals surface area contributed by atoms with Gasteiger partial charge in [-0.15, -0.1) is 0 Å². The van der Waals surface area contributed by atoms with Crippen LogP contribution in [-0.2, 0) is 0 Å². The zero-order valence-electron chi connectivity index (χ0n) is 10.4. The van der Waals surface area contributed by atoms with Crippen LogP contribution in [0.15, 0.2) is 24.3 Å². The van der Waals surface area contributed by atoms with Crippen molar-refractivity contribution < 1.29 is 9.18 Å². The van der Waals surface area contributed by atoms with Gasteiger partial charge in [-0.05, 0) is 56.5 Å². The van der Waals surface area contributed by atoms with Crippen molar-refractivity contribution in [3.8, 4) is 0 Å². The van der Waals surface area contributed by atoms with Crippen LogP contribution in [0.2, 0.25) is 0 Å². The van der Waals surface area contributed by atoms with E-state index >= 15 is 0 Å². The van der Waals surface area contributed by atoms with Gasteiger partial charge in [-0.1, -0.05) is 6.07 Å². The minimum absolute atomic E-state index is 0.191. The predicted octanol–water partition coefficient (Wildman–Crippen LogP) is 1.95. The molecule has 0 radical (unpaired) electrons. The number of carbonyl (C=O) groups is 1. The third-order valence-corrected chi connectivity index (χ3v) is 3.38. The fourth-order valence-electron chi connectivity index (χ4n) is 2.29. The summed E-state index contributed by atoms with van der Waals surface area (Å²) in [4.78, 5) is 11.7. The van der Waals surface area contributed by atoms with Gasteiger partial charge in [0.05, 0.1) is 0 Å². The second kappa shape index (κ2) is 6.50. The minimum atomic E-state index is -0.374. The molecule has 3 nitrogen and oxygen atoms in total. The molecule has 0 aliphatic carbocycles. The van der Waals surface area contributed by atoms with E-state index in [2.05, 4.69) is 10.6 Å². The second-order valence-corrected chi connectivity index (χ2v) is 4.75. The van der Waals surface area contributed by atoms with Crippen LogP contribution < -0.4 is 10.6 Å². The monoisotopic (exact) mass is 250 g/mol. The van der Waals surface area contributed by atoms with E-state index in [1.54, 1.807) is 12.1 Å². The summed E-state index contributed by atoms with van der Waals surface area (Å²) in [6.07, 6.45) is 3.36. The molecule has 1 fully saturated rings. The standard InChI is InChI=1S/C14H19FN2O/c15-13-3-1-2-12(10-13)14(18)17-9-6-11-4-7-16-8-5-11/h1-3,10-11,16H,4-9H2,(H,17,18). The van der Waals surface area contributed by atoms with Gasteiger partial charge >= 0.3 is 0 Å². The van der Waals surface area contributed by atoms with Crippen molar-refractivity contribution in [1.29, 1.82) is 0 Å². The van der Waals surface area contributed by atoms with Gasteiger partial charge < -0.3 is 10.6 Å². The van der Waals surface area contributed by atoms with Crippen molar-refractivity contribution >= 4 is 5.91 Å². The van der Waals surface area contributed by atoms with E-state index in [9.17, 15) is 9.18 Å². The highest BCUT2D eigenvalue weighted by molar-refractivity contribution is 5.94. The predicted molar refractivity (Wildman–Crippen MR) is 68.9 cm³/mol. The Kier molecular flexibility index (Phi) is 4.70. The van der Waals surface area contributed by atoms with Crippen molar-refractivity contribution in [3.63, 3.8) is 0 Å². The van der Waals surface area contributed by atoms with E-state index in [-0.39, 0.29) is 11.7 Å². The Morgan fingerprint density at radius 3 is 2.89 bits per heavy atom. The van der Waals surface area contributed by atoms with Gasteiger partial charge in [-0.3, -0.25) is 4.79 Å². The Bertz CT molecular complexity index is 403. The summed E-state index contributed by atoms with van der Waals surface area (Å²) in [5.41, 5.74) is 0.389. The molecular weight excluding hydrogens is 231 g/mol. The smallest absolute Gasteiger partial charge is 0.251 e. The van der Waals surface area contributed by atoms with Gasteiger partial charge in [0.2, 0.25) is 0 Å². The lowest BCUT2D eigenvalue weighted by molar-refractivity contribution is 0.0950. The van der Waals surface area contributed by atoms with Gasteiger partial charge in [0.1, 0.15) is 5.82 Å². The SMILES string of the molecule is O=C(NCCC1CCNCC1)c1cccc(F)c1. The molecule has 0 aromatic heterocycles. The molecule has 0 bridgehead atoms. The fourth-order valence-corrected chi connectivity index (χ4v) is 2.29. The van der Waals surface area contributed by atoms with Crippen molar-refractivity contribution in [1.82, 2.24) is 10.6 Å². The lowest BCUT2D eigenvalue weighted by Crippen LogP contribution is -2.31. The number of piperidine rings is 1.